The van der Waals surface area contributed by atoms with Gasteiger partial charge in [-0.15, -0.1) is 0 Å². The monoisotopic (exact) mass is 401 g/mol. The average molecular weight is 401 g/mol. The van der Waals surface area contributed by atoms with Crippen molar-refractivity contribution in [2.75, 3.05) is 5.32 Å². The topological polar surface area (TPSA) is 64.0 Å². The summed E-state index contributed by atoms with van der Waals surface area (Å²) in [6.07, 6.45) is 1.62. The van der Waals surface area contributed by atoms with Gasteiger partial charge in [-0.25, -0.2) is 0 Å². The first-order valence-electron chi connectivity index (χ1n) is 9.37. The summed E-state index contributed by atoms with van der Waals surface area (Å²) in [5, 5.41) is 7.81. The summed E-state index contributed by atoms with van der Waals surface area (Å²) in [5.74, 6) is 0. The standard InChI is InChI=1S/C23H19N3O2S/c1-16-11-12-19(17-7-3-2-4-8-17)22(13-16)29(27,28)26-15-18-14-24-21-10-6-5-9-20(21)23(18)25-26/h2-13,15,24H,14H2,1H3. The molecule has 1 aromatic heterocycles. The number of anilines is 1. The van der Waals surface area contributed by atoms with Gasteiger partial charge in [-0.2, -0.15) is 17.6 Å². The molecule has 0 saturated carbocycles. The van der Waals surface area contributed by atoms with Crippen LogP contribution >= 0.6 is 0 Å². The Morgan fingerprint density at radius 1 is 0.931 bits per heavy atom. The Hall–Kier alpha value is -3.38. The summed E-state index contributed by atoms with van der Waals surface area (Å²) < 4.78 is 28.3. The summed E-state index contributed by atoms with van der Waals surface area (Å²) in [5.41, 5.74) is 5.85. The van der Waals surface area contributed by atoms with Gasteiger partial charge in [0.15, 0.2) is 0 Å². The minimum absolute atomic E-state index is 0.254. The zero-order valence-electron chi connectivity index (χ0n) is 15.8. The largest absolute Gasteiger partial charge is 0.380 e. The van der Waals surface area contributed by atoms with E-state index in [0.717, 1.165) is 32.0 Å². The molecular weight excluding hydrogens is 382 g/mol. The summed E-state index contributed by atoms with van der Waals surface area (Å²) in [6.45, 7) is 2.43. The molecule has 1 N–H and O–H groups in total. The first kappa shape index (κ1) is 17.7. The van der Waals surface area contributed by atoms with Gasteiger partial charge in [-0.3, -0.25) is 0 Å². The number of hydrogen-bond donors (Lipinski definition) is 1. The van der Waals surface area contributed by atoms with Crippen LogP contribution in [0.15, 0.2) is 83.9 Å². The van der Waals surface area contributed by atoms with Crippen LogP contribution in [0.4, 0.5) is 5.69 Å². The molecule has 0 saturated heterocycles. The van der Waals surface area contributed by atoms with Crippen molar-refractivity contribution in [1.82, 2.24) is 9.19 Å². The van der Waals surface area contributed by atoms with E-state index in [1.165, 1.54) is 0 Å². The highest BCUT2D eigenvalue weighted by molar-refractivity contribution is 7.90. The Morgan fingerprint density at radius 2 is 1.69 bits per heavy atom. The summed E-state index contributed by atoms with van der Waals surface area (Å²) in [4.78, 5) is 0.254. The Morgan fingerprint density at radius 3 is 2.52 bits per heavy atom. The predicted octanol–water partition coefficient (Wildman–Crippen LogP) is 4.69. The molecule has 1 aliphatic heterocycles. The lowest BCUT2D eigenvalue weighted by atomic mass is 10.0. The number of hydrogen-bond acceptors (Lipinski definition) is 4. The molecular formula is C23H19N3O2S. The van der Waals surface area contributed by atoms with Crippen LogP contribution in [0, 0.1) is 6.92 Å². The molecule has 0 fully saturated rings. The Balaban J connectivity index is 1.68. The lowest BCUT2D eigenvalue weighted by Gasteiger charge is -2.16. The highest BCUT2D eigenvalue weighted by Gasteiger charge is 2.27. The van der Waals surface area contributed by atoms with Crippen LogP contribution in [0.5, 0.6) is 0 Å². The molecule has 1 aliphatic rings. The second kappa shape index (κ2) is 6.60. The fourth-order valence-corrected chi connectivity index (χ4v) is 5.15. The second-order valence-electron chi connectivity index (χ2n) is 7.15. The van der Waals surface area contributed by atoms with E-state index >= 15 is 0 Å². The quantitative estimate of drug-likeness (QED) is 0.541. The van der Waals surface area contributed by atoms with Crippen LogP contribution in [0.3, 0.4) is 0 Å². The van der Waals surface area contributed by atoms with Crippen LogP contribution in [0.1, 0.15) is 11.1 Å². The summed E-state index contributed by atoms with van der Waals surface area (Å²) in [7, 11) is -3.86. The third kappa shape index (κ3) is 2.93. The van der Waals surface area contributed by atoms with E-state index in [1.54, 1.807) is 12.3 Å². The molecule has 0 radical (unpaired) electrons. The molecule has 29 heavy (non-hydrogen) atoms. The number of benzene rings is 3. The van der Waals surface area contributed by atoms with E-state index in [-0.39, 0.29) is 4.90 Å². The number of aryl methyl sites for hydroxylation is 1. The van der Waals surface area contributed by atoms with Crippen molar-refractivity contribution in [3.8, 4) is 22.4 Å². The van der Waals surface area contributed by atoms with Crippen LogP contribution in [-0.2, 0) is 16.6 Å². The highest BCUT2D eigenvalue weighted by atomic mass is 32.2. The van der Waals surface area contributed by atoms with E-state index in [0.29, 0.717) is 17.8 Å². The smallest absolute Gasteiger partial charge is 0.283 e. The van der Waals surface area contributed by atoms with Gasteiger partial charge in [0.05, 0.1) is 4.90 Å². The van der Waals surface area contributed by atoms with Crippen molar-refractivity contribution in [3.05, 3.63) is 90.1 Å². The van der Waals surface area contributed by atoms with Crippen molar-refractivity contribution in [3.63, 3.8) is 0 Å². The van der Waals surface area contributed by atoms with Gasteiger partial charge in [0.1, 0.15) is 5.69 Å². The fraction of sp³-hybridized carbons (Fsp3) is 0.0870. The number of aromatic nitrogens is 2. The number of fused-ring (bicyclic) bond motifs is 3. The third-order valence-electron chi connectivity index (χ3n) is 5.17. The minimum Gasteiger partial charge on any atom is -0.380 e. The maximum absolute atomic E-state index is 13.6. The van der Waals surface area contributed by atoms with E-state index in [4.69, 9.17) is 0 Å². The molecule has 6 heteroatoms. The SMILES string of the molecule is Cc1ccc(-c2ccccc2)c(S(=O)(=O)n2cc3c(n2)-c2ccccc2NC3)c1. The van der Waals surface area contributed by atoms with Gasteiger partial charge in [0.2, 0.25) is 0 Å². The second-order valence-corrected chi connectivity index (χ2v) is 8.91. The number of nitrogens with zero attached hydrogens (tertiary/aromatic N) is 2. The van der Waals surface area contributed by atoms with Crippen molar-refractivity contribution in [1.29, 1.82) is 0 Å². The average Bonchev–Trinajstić information content (AvgIpc) is 3.20. The van der Waals surface area contributed by atoms with Gasteiger partial charge in [0.25, 0.3) is 10.0 Å². The maximum Gasteiger partial charge on any atom is 0.283 e. The Labute approximate surface area is 169 Å². The molecule has 2 heterocycles. The van der Waals surface area contributed by atoms with E-state index in [9.17, 15) is 8.42 Å². The first-order valence-corrected chi connectivity index (χ1v) is 10.8. The summed E-state index contributed by atoms with van der Waals surface area (Å²) >= 11 is 0. The molecule has 0 spiro atoms. The zero-order valence-corrected chi connectivity index (χ0v) is 16.6. The molecule has 0 bridgehead atoms. The van der Waals surface area contributed by atoms with E-state index in [2.05, 4.69) is 10.4 Å². The lowest BCUT2D eigenvalue weighted by molar-refractivity contribution is 0.580. The predicted molar refractivity (Wildman–Crippen MR) is 114 cm³/mol. The molecule has 144 valence electrons. The number of rotatable bonds is 3. The van der Waals surface area contributed by atoms with Crippen molar-refractivity contribution < 1.29 is 8.42 Å². The van der Waals surface area contributed by atoms with Crippen LogP contribution < -0.4 is 5.32 Å². The third-order valence-corrected chi connectivity index (χ3v) is 6.74. The maximum atomic E-state index is 13.6. The summed E-state index contributed by atoms with van der Waals surface area (Å²) in [6, 6.07) is 22.8. The van der Waals surface area contributed by atoms with Gasteiger partial charge in [0, 0.05) is 35.1 Å². The van der Waals surface area contributed by atoms with Crippen molar-refractivity contribution >= 4 is 15.7 Å². The van der Waals surface area contributed by atoms with Crippen LogP contribution in [0.2, 0.25) is 0 Å². The van der Waals surface area contributed by atoms with Gasteiger partial charge < -0.3 is 5.32 Å². The molecule has 0 atom stereocenters. The molecule has 3 aromatic carbocycles. The lowest BCUT2D eigenvalue weighted by Crippen LogP contribution is -2.15. The normalized spacial score (nSPS) is 12.7. The minimum atomic E-state index is -3.86. The van der Waals surface area contributed by atoms with Crippen molar-refractivity contribution in [2.24, 2.45) is 0 Å². The van der Waals surface area contributed by atoms with Gasteiger partial charge in [-0.05, 0) is 30.2 Å². The van der Waals surface area contributed by atoms with Crippen molar-refractivity contribution in [2.45, 2.75) is 18.4 Å². The molecule has 0 aliphatic carbocycles. The fourth-order valence-electron chi connectivity index (χ4n) is 3.70. The van der Waals surface area contributed by atoms with E-state index < -0.39 is 10.0 Å². The highest BCUT2D eigenvalue weighted by Crippen LogP contribution is 2.36. The number of para-hydroxylation sites is 1. The van der Waals surface area contributed by atoms with Gasteiger partial charge >= 0.3 is 0 Å². The Kier molecular flexibility index (Phi) is 4.03. The molecule has 0 amide bonds. The van der Waals surface area contributed by atoms with E-state index in [1.807, 2.05) is 73.7 Å². The molecule has 0 unspecified atom stereocenters. The number of nitrogens with one attached hydrogen (secondary N) is 1. The van der Waals surface area contributed by atoms with Crippen LogP contribution in [-0.4, -0.2) is 17.6 Å². The zero-order chi connectivity index (χ0) is 20.0. The molecule has 5 nitrogen and oxygen atoms in total. The van der Waals surface area contributed by atoms with Gasteiger partial charge in [-0.1, -0.05) is 60.7 Å². The van der Waals surface area contributed by atoms with Crippen LogP contribution in [0.25, 0.3) is 22.4 Å². The first-order chi connectivity index (χ1) is 14.0. The molecule has 5 rings (SSSR count). The molecule has 4 aromatic rings. The Bertz CT molecular complexity index is 1330.